The zero-order valence-corrected chi connectivity index (χ0v) is 9.04. The second-order valence-electron chi connectivity index (χ2n) is 2.69. The Morgan fingerprint density at radius 1 is 1.53 bits per heavy atom. The number of carbonyl (C=O) groups is 1. The first-order valence-electron chi connectivity index (χ1n) is 4.33. The molecule has 0 aliphatic heterocycles. The Bertz CT molecular complexity index is 326. The highest BCUT2D eigenvalue weighted by Crippen LogP contribution is 2.10. The van der Waals surface area contributed by atoms with Crippen LogP contribution in [-0.4, -0.2) is 33.6 Å². The first-order valence-corrected chi connectivity index (χ1v) is 5.10. The maximum absolute atomic E-state index is 11.7. The molecule has 1 aromatic heterocycles. The van der Waals surface area contributed by atoms with Crippen LogP contribution in [0.15, 0.2) is 31.5 Å². The van der Waals surface area contributed by atoms with Gasteiger partial charge in [0, 0.05) is 24.6 Å². The molecule has 15 heavy (non-hydrogen) atoms. The number of aromatic nitrogens is 2. The quantitative estimate of drug-likeness (QED) is 0.775. The lowest BCUT2D eigenvalue weighted by Gasteiger charge is -2.18. The Labute approximate surface area is 92.3 Å². The summed E-state index contributed by atoms with van der Waals surface area (Å²) in [5.74, 6) is 0. The molecule has 1 rings (SSSR count). The Balaban J connectivity index is 2.55. The van der Waals surface area contributed by atoms with Crippen LogP contribution in [0, 0.1) is 0 Å². The molecule has 0 saturated carbocycles. The fraction of sp³-hybridized carbons (Fsp3) is 0.222. The average molecular weight is 224 g/mol. The van der Waals surface area contributed by atoms with E-state index in [2.05, 4.69) is 28.1 Å². The number of rotatable bonds is 5. The summed E-state index contributed by atoms with van der Waals surface area (Å²) in [7, 11) is 0. The molecular weight excluding hydrogens is 212 g/mol. The molecule has 6 heteroatoms. The van der Waals surface area contributed by atoms with Gasteiger partial charge in [0.15, 0.2) is 0 Å². The van der Waals surface area contributed by atoms with Gasteiger partial charge >= 0.3 is 6.03 Å². The number of hydrogen-bond donors (Lipinski definition) is 1. The van der Waals surface area contributed by atoms with Gasteiger partial charge in [0.05, 0.1) is 6.20 Å². The number of hydrogen-bond acceptors (Lipinski definition) is 4. The minimum atomic E-state index is -0.208. The third kappa shape index (κ3) is 3.51. The number of carbonyl (C=O) groups excluding carboxylic acids is 1. The summed E-state index contributed by atoms with van der Waals surface area (Å²) in [6, 6.07) is -0.208. The van der Waals surface area contributed by atoms with Gasteiger partial charge in [-0.25, -0.2) is 4.79 Å². The maximum atomic E-state index is 11.7. The Morgan fingerprint density at radius 2 is 2.20 bits per heavy atom. The number of amides is 2. The third-order valence-electron chi connectivity index (χ3n) is 1.58. The van der Waals surface area contributed by atoms with Gasteiger partial charge < -0.3 is 4.90 Å². The highest BCUT2D eigenvalue weighted by molar-refractivity contribution is 7.10. The number of anilines is 1. The summed E-state index contributed by atoms with van der Waals surface area (Å²) in [6.07, 6.45) is 4.82. The molecule has 0 saturated heterocycles. The first kappa shape index (κ1) is 11.4. The van der Waals surface area contributed by atoms with Crippen LogP contribution in [0.2, 0.25) is 0 Å². The lowest BCUT2D eigenvalue weighted by Crippen LogP contribution is -2.34. The SMILES string of the molecule is C=CCN(CC=C)C(=O)Nc1cnns1. The first-order chi connectivity index (χ1) is 7.27. The Hall–Kier alpha value is -1.69. The molecule has 0 fully saturated rings. The van der Waals surface area contributed by atoms with Crippen molar-refractivity contribution in [1.82, 2.24) is 14.5 Å². The molecule has 0 unspecified atom stereocenters. The van der Waals surface area contributed by atoms with Crippen molar-refractivity contribution in [1.29, 1.82) is 0 Å². The molecule has 0 bridgehead atoms. The predicted molar refractivity (Wildman–Crippen MR) is 60.9 cm³/mol. The van der Waals surface area contributed by atoms with E-state index in [9.17, 15) is 4.79 Å². The maximum Gasteiger partial charge on any atom is 0.323 e. The fourth-order valence-corrected chi connectivity index (χ4v) is 1.37. The van der Waals surface area contributed by atoms with E-state index in [1.165, 1.54) is 6.20 Å². The molecule has 0 aliphatic rings. The molecule has 0 radical (unpaired) electrons. The van der Waals surface area contributed by atoms with Crippen LogP contribution in [0.1, 0.15) is 0 Å². The van der Waals surface area contributed by atoms with E-state index in [1.807, 2.05) is 0 Å². The van der Waals surface area contributed by atoms with Crippen LogP contribution >= 0.6 is 11.5 Å². The molecule has 0 aromatic carbocycles. The van der Waals surface area contributed by atoms with Crippen molar-refractivity contribution in [2.45, 2.75) is 0 Å². The molecule has 0 aliphatic carbocycles. The van der Waals surface area contributed by atoms with Gasteiger partial charge in [-0.3, -0.25) is 5.32 Å². The van der Waals surface area contributed by atoms with Gasteiger partial charge in [-0.05, 0) is 0 Å². The summed E-state index contributed by atoms with van der Waals surface area (Å²) in [6.45, 7) is 8.12. The second-order valence-corrected chi connectivity index (χ2v) is 3.48. The van der Waals surface area contributed by atoms with Crippen LogP contribution in [-0.2, 0) is 0 Å². The van der Waals surface area contributed by atoms with Crippen LogP contribution in [0.3, 0.4) is 0 Å². The molecule has 2 amide bonds. The molecule has 1 N–H and O–H groups in total. The molecule has 0 atom stereocenters. The number of nitrogens with zero attached hydrogens (tertiary/aromatic N) is 3. The topological polar surface area (TPSA) is 58.1 Å². The summed E-state index contributed by atoms with van der Waals surface area (Å²) in [5, 5.41) is 6.92. The largest absolute Gasteiger partial charge is 0.323 e. The van der Waals surface area contributed by atoms with Gasteiger partial charge in [-0.2, -0.15) is 0 Å². The molecule has 0 spiro atoms. The lowest BCUT2D eigenvalue weighted by atomic mass is 10.4. The van der Waals surface area contributed by atoms with Crippen LogP contribution < -0.4 is 5.32 Å². The second kappa shape index (κ2) is 5.92. The summed E-state index contributed by atoms with van der Waals surface area (Å²) >= 11 is 1.13. The van der Waals surface area contributed by atoms with Gasteiger partial charge in [-0.15, -0.1) is 18.3 Å². The average Bonchev–Trinajstić information content (AvgIpc) is 2.70. The van der Waals surface area contributed by atoms with E-state index < -0.39 is 0 Å². The van der Waals surface area contributed by atoms with Crippen LogP contribution in [0.4, 0.5) is 9.80 Å². The van der Waals surface area contributed by atoms with E-state index in [1.54, 1.807) is 17.1 Å². The molecule has 5 nitrogen and oxygen atoms in total. The van der Waals surface area contributed by atoms with Gasteiger partial charge in [0.25, 0.3) is 0 Å². The zero-order chi connectivity index (χ0) is 11.1. The van der Waals surface area contributed by atoms with Crippen LogP contribution in [0.5, 0.6) is 0 Å². The predicted octanol–water partition coefficient (Wildman–Crippen LogP) is 1.74. The van der Waals surface area contributed by atoms with E-state index in [0.717, 1.165) is 11.5 Å². The number of urea groups is 1. The standard InChI is InChI=1S/C9H12N4OS/c1-3-5-13(6-4-2)9(14)11-8-7-10-12-15-8/h3-4,7H,1-2,5-6H2,(H,11,14). The smallest absolute Gasteiger partial charge is 0.317 e. The summed E-state index contributed by atoms with van der Waals surface area (Å²) in [4.78, 5) is 13.2. The van der Waals surface area contributed by atoms with Crippen molar-refractivity contribution in [3.8, 4) is 0 Å². The van der Waals surface area contributed by atoms with E-state index in [-0.39, 0.29) is 6.03 Å². The highest BCUT2D eigenvalue weighted by Gasteiger charge is 2.11. The van der Waals surface area contributed by atoms with E-state index >= 15 is 0 Å². The normalized spacial score (nSPS) is 9.33. The highest BCUT2D eigenvalue weighted by atomic mass is 32.1. The van der Waals surface area contributed by atoms with Crippen molar-refractivity contribution in [2.75, 3.05) is 18.4 Å². The summed E-state index contributed by atoms with van der Waals surface area (Å²) in [5.41, 5.74) is 0. The summed E-state index contributed by atoms with van der Waals surface area (Å²) < 4.78 is 3.64. The molecule has 80 valence electrons. The lowest BCUT2D eigenvalue weighted by molar-refractivity contribution is 0.222. The van der Waals surface area contributed by atoms with Crippen molar-refractivity contribution in [3.05, 3.63) is 31.5 Å². The van der Waals surface area contributed by atoms with E-state index in [0.29, 0.717) is 18.1 Å². The minimum absolute atomic E-state index is 0.208. The van der Waals surface area contributed by atoms with Crippen molar-refractivity contribution in [3.63, 3.8) is 0 Å². The molecule has 1 aromatic rings. The Kier molecular flexibility index (Phi) is 4.49. The third-order valence-corrected chi connectivity index (χ3v) is 2.16. The van der Waals surface area contributed by atoms with Crippen molar-refractivity contribution in [2.24, 2.45) is 0 Å². The van der Waals surface area contributed by atoms with Gasteiger partial charge in [-0.1, -0.05) is 16.6 Å². The fourth-order valence-electron chi connectivity index (χ4n) is 0.959. The van der Waals surface area contributed by atoms with Crippen LogP contribution in [0.25, 0.3) is 0 Å². The number of nitrogens with one attached hydrogen (secondary N) is 1. The zero-order valence-electron chi connectivity index (χ0n) is 8.22. The minimum Gasteiger partial charge on any atom is -0.317 e. The Morgan fingerprint density at radius 3 is 2.67 bits per heavy atom. The molecular formula is C9H12N4OS. The van der Waals surface area contributed by atoms with Crippen molar-refractivity contribution < 1.29 is 4.79 Å². The monoisotopic (exact) mass is 224 g/mol. The van der Waals surface area contributed by atoms with Gasteiger partial charge in [0.2, 0.25) is 0 Å². The molecule has 1 heterocycles. The van der Waals surface area contributed by atoms with Gasteiger partial charge in [0.1, 0.15) is 5.00 Å². The van der Waals surface area contributed by atoms with Crippen molar-refractivity contribution >= 4 is 22.6 Å². The van der Waals surface area contributed by atoms with E-state index in [4.69, 9.17) is 0 Å².